The lowest BCUT2D eigenvalue weighted by Crippen LogP contribution is -2.05. The van der Waals surface area contributed by atoms with E-state index in [9.17, 15) is 9.59 Å². The number of hydrogen-bond donors (Lipinski definition) is 0. The molecule has 0 saturated heterocycles. The first-order valence-corrected chi connectivity index (χ1v) is 4.29. The van der Waals surface area contributed by atoms with Crippen molar-refractivity contribution in [3.63, 3.8) is 0 Å². The van der Waals surface area contributed by atoms with Crippen LogP contribution in [0, 0.1) is 0 Å². The van der Waals surface area contributed by atoms with Crippen molar-refractivity contribution in [2.45, 2.75) is 0 Å². The second kappa shape index (κ2) is 3.27. The number of para-hydroxylation sites is 1. The van der Waals surface area contributed by atoms with E-state index in [-0.39, 0.29) is 5.76 Å². The lowest BCUT2D eigenvalue weighted by atomic mass is 10.2. The minimum absolute atomic E-state index is 0.0220. The topological polar surface area (TPSA) is 47.3 Å². The van der Waals surface area contributed by atoms with Crippen LogP contribution < -0.4 is 0 Å². The molecule has 4 heteroatoms. The van der Waals surface area contributed by atoms with E-state index in [1.54, 1.807) is 18.2 Å². The van der Waals surface area contributed by atoms with E-state index in [0.29, 0.717) is 5.58 Å². The third kappa shape index (κ3) is 1.42. The molecule has 0 amide bonds. The van der Waals surface area contributed by atoms with E-state index >= 15 is 0 Å². The van der Waals surface area contributed by atoms with Crippen molar-refractivity contribution < 1.29 is 14.0 Å². The van der Waals surface area contributed by atoms with Gasteiger partial charge in [0.1, 0.15) is 5.58 Å². The van der Waals surface area contributed by atoms with Gasteiger partial charge in [0.25, 0.3) is 11.0 Å². The number of halogens is 1. The summed E-state index contributed by atoms with van der Waals surface area (Å²) < 4.78 is 5.14. The number of ketones is 1. The van der Waals surface area contributed by atoms with Gasteiger partial charge < -0.3 is 4.42 Å². The van der Waals surface area contributed by atoms with Crippen LogP contribution in [0.15, 0.2) is 34.7 Å². The molecule has 0 unspecified atom stereocenters. The van der Waals surface area contributed by atoms with Crippen LogP contribution in [0.3, 0.4) is 0 Å². The lowest BCUT2D eigenvalue weighted by Gasteiger charge is -1.85. The number of fused-ring (bicyclic) bond motifs is 1. The predicted octanol–water partition coefficient (Wildman–Crippen LogP) is 2.38. The van der Waals surface area contributed by atoms with Gasteiger partial charge in [0.05, 0.1) is 0 Å². The Morgan fingerprint density at radius 3 is 2.57 bits per heavy atom. The fourth-order valence-corrected chi connectivity index (χ4v) is 1.28. The van der Waals surface area contributed by atoms with Crippen molar-refractivity contribution >= 4 is 33.6 Å². The number of carbonyl (C=O) groups is 2. The van der Waals surface area contributed by atoms with Gasteiger partial charge in [-0.1, -0.05) is 18.2 Å². The zero-order valence-corrected chi connectivity index (χ0v) is 7.75. The normalized spacial score (nSPS) is 10.4. The SMILES string of the molecule is O=C(Cl)C(=O)c1cc2ccccc2o1. The summed E-state index contributed by atoms with van der Waals surface area (Å²) in [4.78, 5) is 21.7. The molecule has 3 nitrogen and oxygen atoms in total. The third-order valence-electron chi connectivity index (χ3n) is 1.83. The van der Waals surface area contributed by atoms with E-state index < -0.39 is 11.0 Å². The maximum atomic E-state index is 11.1. The van der Waals surface area contributed by atoms with E-state index in [1.165, 1.54) is 6.07 Å². The molecular weight excluding hydrogens is 204 g/mol. The number of carbonyl (C=O) groups excluding carboxylic acids is 2. The summed E-state index contributed by atoms with van der Waals surface area (Å²) in [5, 5.41) is -0.266. The Labute approximate surface area is 84.3 Å². The van der Waals surface area contributed by atoms with Crippen molar-refractivity contribution in [1.82, 2.24) is 0 Å². The second-order valence-electron chi connectivity index (χ2n) is 2.75. The Morgan fingerprint density at radius 1 is 1.21 bits per heavy atom. The van der Waals surface area contributed by atoms with Crippen LogP contribution in [0.1, 0.15) is 10.6 Å². The van der Waals surface area contributed by atoms with Gasteiger partial charge in [0, 0.05) is 5.39 Å². The van der Waals surface area contributed by atoms with Crippen molar-refractivity contribution in [3.05, 3.63) is 36.1 Å². The fraction of sp³-hybridized carbons (Fsp3) is 0. The highest BCUT2D eigenvalue weighted by Gasteiger charge is 2.17. The highest BCUT2D eigenvalue weighted by molar-refractivity contribution is 6.82. The Hall–Kier alpha value is -1.61. The van der Waals surface area contributed by atoms with Crippen LogP contribution in [-0.4, -0.2) is 11.0 Å². The quantitative estimate of drug-likeness (QED) is 0.433. The fourth-order valence-electron chi connectivity index (χ4n) is 1.19. The Kier molecular flexibility index (Phi) is 2.09. The van der Waals surface area contributed by atoms with Gasteiger partial charge in [0.15, 0.2) is 5.76 Å². The number of rotatable bonds is 2. The van der Waals surface area contributed by atoms with Crippen LogP contribution in [0.5, 0.6) is 0 Å². The van der Waals surface area contributed by atoms with Gasteiger partial charge >= 0.3 is 0 Å². The number of benzene rings is 1. The van der Waals surface area contributed by atoms with E-state index in [1.807, 2.05) is 6.07 Å². The largest absolute Gasteiger partial charge is 0.452 e. The number of furan rings is 1. The van der Waals surface area contributed by atoms with Gasteiger partial charge in [-0.2, -0.15) is 0 Å². The summed E-state index contributed by atoms with van der Waals surface area (Å²) in [6.07, 6.45) is 0. The molecule has 0 aliphatic rings. The molecule has 1 aromatic heterocycles. The summed E-state index contributed by atoms with van der Waals surface area (Å²) in [6, 6.07) is 8.59. The van der Waals surface area contributed by atoms with Crippen molar-refractivity contribution in [2.24, 2.45) is 0 Å². The van der Waals surface area contributed by atoms with E-state index in [4.69, 9.17) is 16.0 Å². The van der Waals surface area contributed by atoms with Crippen LogP contribution in [-0.2, 0) is 4.79 Å². The molecule has 0 spiro atoms. The minimum atomic E-state index is -1.04. The van der Waals surface area contributed by atoms with E-state index in [2.05, 4.69) is 0 Å². The summed E-state index contributed by atoms with van der Waals surface area (Å²) in [6.45, 7) is 0. The van der Waals surface area contributed by atoms with Gasteiger partial charge in [-0.25, -0.2) is 0 Å². The van der Waals surface area contributed by atoms with Crippen LogP contribution in [0.4, 0.5) is 0 Å². The molecule has 1 aromatic carbocycles. The molecule has 0 N–H and O–H groups in total. The molecule has 2 rings (SSSR count). The maximum absolute atomic E-state index is 11.1. The van der Waals surface area contributed by atoms with Gasteiger partial charge in [-0.3, -0.25) is 9.59 Å². The average Bonchev–Trinajstić information content (AvgIpc) is 2.59. The van der Waals surface area contributed by atoms with Gasteiger partial charge in [0.2, 0.25) is 0 Å². The Balaban J connectivity index is 2.55. The average molecular weight is 209 g/mol. The highest BCUT2D eigenvalue weighted by Crippen LogP contribution is 2.19. The zero-order chi connectivity index (χ0) is 10.1. The van der Waals surface area contributed by atoms with Crippen molar-refractivity contribution in [3.8, 4) is 0 Å². The van der Waals surface area contributed by atoms with Crippen molar-refractivity contribution in [1.29, 1.82) is 0 Å². The third-order valence-corrected chi connectivity index (χ3v) is 2.00. The smallest absolute Gasteiger partial charge is 0.296 e. The molecule has 2 aromatic rings. The monoisotopic (exact) mass is 208 g/mol. The molecule has 14 heavy (non-hydrogen) atoms. The summed E-state index contributed by atoms with van der Waals surface area (Å²) in [5.41, 5.74) is 0.564. The number of hydrogen-bond acceptors (Lipinski definition) is 3. The molecule has 0 aliphatic carbocycles. The lowest BCUT2D eigenvalue weighted by molar-refractivity contribution is -0.108. The first kappa shape index (κ1) is 8.97. The Morgan fingerprint density at radius 2 is 1.93 bits per heavy atom. The van der Waals surface area contributed by atoms with Crippen molar-refractivity contribution in [2.75, 3.05) is 0 Å². The zero-order valence-electron chi connectivity index (χ0n) is 6.99. The molecule has 0 aliphatic heterocycles. The molecule has 0 radical (unpaired) electrons. The summed E-state index contributed by atoms with van der Waals surface area (Å²) in [7, 11) is 0. The molecule has 0 fully saturated rings. The number of Topliss-reactive ketones (excluding diaryl/α,β-unsaturated/α-hetero) is 1. The first-order valence-electron chi connectivity index (χ1n) is 3.91. The van der Waals surface area contributed by atoms with E-state index in [0.717, 1.165) is 5.39 Å². The highest BCUT2D eigenvalue weighted by atomic mass is 35.5. The maximum Gasteiger partial charge on any atom is 0.296 e. The Bertz CT molecular complexity index is 480. The molecular formula is C10H5ClO3. The van der Waals surface area contributed by atoms with Crippen LogP contribution >= 0.6 is 11.6 Å². The standard InChI is InChI=1S/C10H5ClO3/c11-10(13)9(12)8-5-6-3-1-2-4-7(6)14-8/h1-5H. The summed E-state index contributed by atoms with van der Waals surface area (Å²) in [5.74, 6) is -0.839. The van der Waals surface area contributed by atoms with Gasteiger partial charge in [-0.05, 0) is 23.7 Å². The molecule has 1 heterocycles. The first-order chi connectivity index (χ1) is 6.68. The predicted molar refractivity (Wildman–Crippen MR) is 51.4 cm³/mol. The molecule has 0 atom stereocenters. The molecule has 0 saturated carbocycles. The van der Waals surface area contributed by atoms with Crippen LogP contribution in [0.25, 0.3) is 11.0 Å². The van der Waals surface area contributed by atoms with Gasteiger partial charge in [-0.15, -0.1) is 0 Å². The summed E-state index contributed by atoms with van der Waals surface area (Å²) >= 11 is 5.04. The van der Waals surface area contributed by atoms with Crippen LogP contribution in [0.2, 0.25) is 0 Å². The molecule has 70 valence electrons. The molecule has 0 bridgehead atoms. The second-order valence-corrected chi connectivity index (χ2v) is 3.09. The minimum Gasteiger partial charge on any atom is -0.452 e.